The van der Waals surface area contributed by atoms with Gasteiger partial charge in [0.2, 0.25) is 17.7 Å². The van der Waals surface area contributed by atoms with Gasteiger partial charge in [-0.3, -0.25) is 19.7 Å². The van der Waals surface area contributed by atoms with Crippen LogP contribution in [0.4, 0.5) is 8.78 Å². The molecule has 4 aliphatic rings. The third-order valence-electron chi connectivity index (χ3n) is 8.82. The zero-order valence-corrected chi connectivity index (χ0v) is 21.8. The number of piperidine rings is 2. The molecule has 10 heteroatoms. The third-order valence-corrected chi connectivity index (χ3v) is 8.82. The number of halogens is 2. The van der Waals surface area contributed by atoms with Crippen molar-refractivity contribution in [1.82, 2.24) is 20.1 Å². The normalized spacial score (nSPS) is 22.2. The molecule has 2 fully saturated rings. The Morgan fingerprint density at radius 3 is 2.67 bits per heavy atom. The number of ether oxygens (including phenoxy) is 1. The fourth-order valence-electron chi connectivity index (χ4n) is 6.57. The maximum Gasteiger partial charge on any atom is 0.255 e. The van der Waals surface area contributed by atoms with Gasteiger partial charge in [0.15, 0.2) is 0 Å². The lowest BCUT2D eigenvalue weighted by molar-refractivity contribution is -0.136. The second-order valence-electron chi connectivity index (χ2n) is 11.2. The summed E-state index contributed by atoms with van der Waals surface area (Å²) in [6.07, 6.45) is 7.01. The molecule has 4 aliphatic heterocycles. The van der Waals surface area contributed by atoms with Crippen LogP contribution >= 0.6 is 0 Å². The van der Waals surface area contributed by atoms with Gasteiger partial charge >= 0.3 is 0 Å². The van der Waals surface area contributed by atoms with Crippen molar-refractivity contribution in [1.29, 1.82) is 0 Å². The number of hydrogen-bond donors (Lipinski definition) is 1. The van der Waals surface area contributed by atoms with E-state index in [-0.39, 0.29) is 42.4 Å². The first-order chi connectivity index (χ1) is 18.8. The highest BCUT2D eigenvalue weighted by Crippen LogP contribution is 2.44. The molecule has 39 heavy (non-hydrogen) atoms. The fraction of sp³-hybridized carbons (Fsp3) is 0.517. The smallest absolute Gasteiger partial charge is 0.255 e. The van der Waals surface area contributed by atoms with Gasteiger partial charge in [0.05, 0.1) is 12.8 Å². The molecule has 8 nitrogen and oxygen atoms in total. The van der Waals surface area contributed by atoms with Crippen LogP contribution in [0.25, 0.3) is 0 Å². The van der Waals surface area contributed by atoms with Gasteiger partial charge in [-0.2, -0.15) is 0 Å². The maximum atomic E-state index is 14.4. The molecule has 1 unspecified atom stereocenters. The van der Waals surface area contributed by atoms with Crippen LogP contribution in [0.5, 0.6) is 5.88 Å². The number of carbonyl (C=O) groups excluding carboxylic acids is 3. The quantitative estimate of drug-likeness (QED) is 0.430. The molecular formula is C29H32F2N4O4. The van der Waals surface area contributed by atoms with Crippen molar-refractivity contribution in [2.75, 3.05) is 26.2 Å². The molecule has 206 valence electrons. The van der Waals surface area contributed by atoms with Crippen LogP contribution in [0, 0.1) is 11.6 Å². The van der Waals surface area contributed by atoms with E-state index in [1.165, 1.54) is 23.2 Å². The Kier molecular flexibility index (Phi) is 6.82. The van der Waals surface area contributed by atoms with E-state index in [9.17, 15) is 23.2 Å². The lowest BCUT2D eigenvalue weighted by Crippen LogP contribution is -2.52. The summed E-state index contributed by atoms with van der Waals surface area (Å²) < 4.78 is 34.0. The summed E-state index contributed by atoms with van der Waals surface area (Å²) >= 11 is 0. The predicted molar refractivity (Wildman–Crippen MR) is 137 cm³/mol. The van der Waals surface area contributed by atoms with Gasteiger partial charge in [-0.25, -0.2) is 13.8 Å². The maximum absolute atomic E-state index is 14.4. The molecule has 1 N–H and O–H groups in total. The third kappa shape index (κ3) is 4.90. The van der Waals surface area contributed by atoms with E-state index in [0.717, 1.165) is 68.4 Å². The topological polar surface area (TPSA) is 91.8 Å². The number of benzene rings is 1. The molecule has 2 saturated heterocycles. The number of likely N-dealkylation sites (tertiary alicyclic amines) is 1. The van der Waals surface area contributed by atoms with Gasteiger partial charge in [0.1, 0.15) is 17.7 Å². The lowest BCUT2D eigenvalue weighted by Gasteiger charge is -2.38. The Balaban J connectivity index is 0.996. The van der Waals surface area contributed by atoms with E-state index in [0.29, 0.717) is 24.5 Å². The minimum absolute atomic E-state index is 0.141. The molecule has 1 atom stereocenters. The van der Waals surface area contributed by atoms with E-state index in [1.807, 2.05) is 0 Å². The Hall–Kier alpha value is -3.40. The summed E-state index contributed by atoms with van der Waals surface area (Å²) in [6.45, 7) is 3.64. The molecule has 1 aromatic carbocycles. The van der Waals surface area contributed by atoms with Crippen LogP contribution in [-0.2, 0) is 28.0 Å². The number of pyridine rings is 1. The molecule has 0 aliphatic carbocycles. The minimum Gasteiger partial charge on any atom is -0.476 e. The van der Waals surface area contributed by atoms with Crippen LogP contribution in [0.3, 0.4) is 0 Å². The first-order valence-corrected chi connectivity index (χ1v) is 13.8. The van der Waals surface area contributed by atoms with Gasteiger partial charge in [-0.15, -0.1) is 0 Å². The number of hydrogen-bond acceptors (Lipinski definition) is 6. The number of aryl methyl sites for hydroxylation is 1. The highest BCUT2D eigenvalue weighted by molar-refractivity contribution is 6.05. The summed E-state index contributed by atoms with van der Waals surface area (Å²) in [5.41, 5.74) is 2.69. The van der Waals surface area contributed by atoms with Crippen molar-refractivity contribution in [3.63, 3.8) is 0 Å². The molecule has 5 heterocycles. The van der Waals surface area contributed by atoms with Gasteiger partial charge in [0, 0.05) is 29.5 Å². The number of fused-ring (bicyclic) bond motifs is 3. The molecule has 1 spiro atoms. The second-order valence-corrected chi connectivity index (χ2v) is 11.2. The number of rotatable bonds is 7. The van der Waals surface area contributed by atoms with E-state index in [4.69, 9.17) is 4.74 Å². The zero-order chi connectivity index (χ0) is 27.1. The summed E-state index contributed by atoms with van der Waals surface area (Å²) in [4.78, 5) is 44.9. The van der Waals surface area contributed by atoms with Crippen LogP contribution in [0.2, 0.25) is 0 Å². The van der Waals surface area contributed by atoms with E-state index < -0.39 is 17.8 Å². The van der Waals surface area contributed by atoms with Crippen molar-refractivity contribution >= 4 is 17.7 Å². The van der Waals surface area contributed by atoms with Gasteiger partial charge in [0.25, 0.3) is 5.91 Å². The summed E-state index contributed by atoms with van der Waals surface area (Å²) in [6, 6.07) is 3.63. The first-order valence-electron chi connectivity index (χ1n) is 13.8. The van der Waals surface area contributed by atoms with Crippen molar-refractivity contribution in [2.45, 2.75) is 69.4 Å². The summed E-state index contributed by atoms with van der Waals surface area (Å²) in [5, 5.41) is 2.30. The molecule has 0 saturated carbocycles. The Bertz CT molecular complexity index is 1320. The van der Waals surface area contributed by atoms with Crippen LogP contribution in [0.15, 0.2) is 24.4 Å². The highest BCUT2D eigenvalue weighted by Gasteiger charge is 2.44. The average Bonchev–Trinajstić information content (AvgIpc) is 3.42. The van der Waals surface area contributed by atoms with Crippen molar-refractivity contribution in [3.05, 3.63) is 58.3 Å². The molecule has 6 rings (SSSR count). The van der Waals surface area contributed by atoms with Crippen molar-refractivity contribution in [3.8, 4) is 5.88 Å². The monoisotopic (exact) mass is 538 g/mol. The van der Waals surface area contributed by atoms with E-state index in [2.05, 4.69) is 15.2 Å². The van der Waals surface area contributed by atoms with Crippen molar-refractivity contribution in [2.24, 2.45) is 0 Å². The van der Waals surface area contributed by atoms with E-state index in [1.54, 1.807) is 6.07 Å². The number of imide groups is 1. The predicted octanol–water partition coefficient (Wildman–Crippen LogP) is 3.26. The second kappa shape index (κ2) is 10.3. The molecule has 0 radical (unpaired) electrons. The van der Waals surface area contributed by atoms with Gasteiger partial charge in [-0.1, -0.05) is 6.42 Å². The Morgan fingerprint density at radius 2 is 1.87 bits per heavy atom. The average molecular weight is 539 g/mol. The number of aromatic nitrogens is 1. The van der Waals surface area contributed by atoms with Crippen molar-refractivity contribution < 1.29 is 27.9 Å². The molecule has 1 aromatic heterocycles. The SMILES string of the molecule is O=C1CCC(N2Cc3c(CCCCCN4CCC5(CC4)COc4ncc(F)cc45)cc(F)cc3C2=O)C(=O)N1. The summed E-state index contributed by atoms with van der Waals surface area (Å²) in [5.74, 6) is -1.35. The summed E-state index contributed by atoms with van der Waals surface area (Å²) in [7, 11) is 0. The zero-order valence-electron chi connectivity index (χ0n) is 21.8. The van der Waals surface area contributed by atoms with Gasteiger partial charge in [-0.05, 0) is 87.5 Å². The number of amides is 3. The van der Waals surface area contributed by atoms with Crippen LogP contribution in [0.1, 0.15) is 72.0 Å². The lowest BCUT2D eigenvalue weighted by atomic mass is 9.75. The Morgan fingerprint density at radius 1 is 1.05 bits per heavy atom. The number of carbonyl (C=O) groups is 3. The van der Waals surface area contributed by atoms with E-state index >= 15 is 0 Å². The highest BCUT2D eigenvalue weighted by atomic mass is 19.1. The van der Waals surface area contributed by atoms with Gasteiger partial charge < -0.3 is 14.5 Å². The van der Waals surface area contributed by atoms with Crippen LogP contribution < -0.4 is 10.1 Å². The van der Waals surface area contributed by atoms with Crippen LogP contribution in [-0.4, -0.2) is 64.8 Å². The number of unbranched alkanes of at least 4 members (excludes halogenated alkanes) is 2. The molecule has 3 amide bonds. The number of nitrogens with zero attached hydrogens (tertiary/aromatic N) is 3. The largest absolute Gasteiger partial charge is 0.476 e. The standard InChI is InChI=1S/C29H32F2N4O4/c30-19-12-18(22-16-35(28(38)21(22)13-19)24-5-6-25(36)33-26(24)37)4-2-1-3-9-34-10-7-29(8-11-34)17-39-27-23(29)14-20(31)15-32-27/h12-15,24H,1-11,16-17H2,(H,33,36,37). The fourth-order valence-corrected chi connectivity index (χ4v) is 6.57. The first kappa shape index (κ1) is 25.9. The molecule has 0 bridgehead atoms. The Labute approximate surface area is 225 Å². The number of nitrogens with one attached hydrogen (secondary N) is 1. The minimum atomic E-state index is -0.707. The molecular weight excluding hydrogens is 506 g/mol. The molecule has 2 aromatic rings.